The van der Waals surface area contributed by atoms with Gasteiger partial charge in [0.25, 0.3) is 0 Å². The van der Waals surface area contributed by atoms with Crippen molar-refractivity contribution in [2.24, 2.45) is 5.73 Å². The van der Waals surface area contributed by atoms with Crippen LogP contribution in [0.3, 0.4) is 0 Å². The molecule has 0 aliphatic rings. The summed E-state index contributed by atoms with van der Waals surface area (Å²) in [5, 5.41) is 12.5. The number of methoxy groups -OCH3 is 2. The first kappa shape index (κ1) is 17.5. The Morgan fingerprint density at radius 2 is 2.11 bits per heavy atom. The molecule has 0 aliphatic heterocycles. The molecular formula is C12H18ClN2O4-. The summed E-state index contributed by atoms with van der Waals surface area (Å²) in [5.41, 5.74) is 5.71. The number of ether oxygens (including phenoxy) is 2. The Balaban J connectivity index is 0.00000324. The molecule has 0 heterocycles. The van der Waals surface area contributed by atoms with E-state index in [1.807, 2.05) is 0 Å². The molecular weight excluding hydrogens is 272 g/mol. The van der Waals surface area contributed by atoms with Gasteiger partial charge in [-0.2, -0.15) is 0 Å². The zero-order valence-corrected chi connectivity index (χ0v) is 11.6. The lowest BCUT2D eigenvalue weighted by Crippen LogP contribution is -3.00. The lowest BCUT2D eigenvalue weighted by molar-refractivity contribution is -0.120. The van der Waals surface area contributed by atoms with Crippen LogP contribution in [0.4, 0.5) is 0 Å². The highest BCUT2D eigenvalue weighted by Crippen LogP contribution is 2.28. The molecule has 1 aromatic carbocycles. The topological polar surface area (TPSA) is 93.8 Å². The summed E-state index contributed by atoms with van der Waals surface area (Å²) >= 11 is 0. The van der Waals surface area contributed by atoms with Crippen molar-refractivity contribution in [2.45, 2.75) is 6.10 Å². The van der Waals surface area contributed by atoms with Gasteiger partial charge in [0.05, 0.1) is 26.9 Å². The molecule has 19 heavy (non-hydrogen) atoms. The Morgan fingerprint density at radius 3 is 2.63 bits per heavy atom. The molecule has 0 fully saturated rings. The van der Waals surface area contributed by atoms with Crippen molar-refractivity contribution in [3.63, 3.8) is 0 Å². The van der Waals surface area contributed by atoms with Crippen LogP contribution < -0.4 is 32.9 Å². The third-order valence-corrected chi connectivity index (χ3v) is 2.47. The summed E-state index contributed by atoms with van der Waals surface area (Å²) < 4.78 is 10.2. The van der Waals surface area contributed by atoms with E-state index in [-0.39, 0.29) is 31.4 Å². The summed E-state index contributed by atoms with van der Waals surface area (Å²) in [5.74, 6) is 0.816. The third-order valence-electron chi connectivity index (χ3n) is 2.47. The lowest BCUT2D eigenvalue weighted by atomic mass is 10.1. The minimum Gasteiger partial charge on any atom is -1.00 e. The predicted molar refractivity (Wildman–Crippen MR) is 66.6 cm³/mol. The maximum absolute atomic E-state index is 11.0. The Bertz CT molecular complexity index is 415. The Kier molecular flexibility index (Phi) is 7.90. The van der Waals surface area contributed by atoms with E-state index in [0.29, 0.717) is 17.1 Å². The van der Waals surface area contributed by atoms with Gasteiger partial charge in [-0.1, -0.05) is 0 Å². The standard InChI is InChI=1S/C12H18N2O4.ClH/c1-17-8-3-4-11(18-2)9(5-8)10(15)7-14-12(16)6-13;/h3-5,10,15H,6-7,13H2,1-2H3,(H,14,16);1H/p-1. The smallest absolute Gasteiger partial charge is 0.233 e. The summed E-state index contributed by atoms with van der Waals surface area (Å²) in [6, 6.07) is 5.09. The quantitative estimate of drug-likeness (QED) is 0.513. The largest absolute Gasteiger partial charge is 1.00 e. The summed E-state index contributed by atoms with van der Waals surface area (Å²) in [7, 11) is 3.05. The number of halogens is 1. The van der Waals surface area contributed by atoms with Crippen molar-refractivity contribution in [3.8, 4) is 11.5 Å². The van der Waals surface area contributed by atoms with Crippen LogP contribution in [0.5, 0.6) is 11.5 Å². The second-order valence-corrected chi connectivity index (χ2v) is 3.63. The molecule has 108 valence electrons. The van der Waals surface area contributed by atoms with Crippen molar-refractivity contribution < 1.29 is 31.8 Å². The molecule has 6 nitrogen and oxygen atoms in total. The van der Waals surface area contributed by atoms with Gasteiger partial charge >= 0.3 is 0 Å². The first-order chi connectivity index (χ1) is 8.62. The van der Waals surface area contributed by atoms with Crippen molar-refractivity contribution in [1.82, 2.24) is 5.32 Å². The van der Waals surface area contributed by atoms with Crippen molar-refractivity contribution >= 4 is 5.91 Å². The molecule has 0 spiro atoms. The summed E-state index contributed by atoms with van der Waals surface area (Å²) in [6.07, 6.45) is -0.884. The molecule has 1 rings (SSSR count). The van der Waals surface area contributed by atoms with Crippen molar-refractivity contribution in [2.75, 3.05) is 27.3 Å². The van der Waals surface area contributed by atoms with E-state index in [9.17, 15) is 9.90 Å². The second-order valence-electron chi connectivity index (χ2n) is 3.63. The number of aliphatic hydroxyl groups is 1. The third kappa shape index (κ3) is 4.94. The highest BCUT2D eigenvalue weighted by molar-refractivity contribution is 5.77. The van der Waals surface area contributed by atoms with E-state index in [1.54, 1.807) is 18.2 Å². The van der Waals surface area contributed by atoms with Crippen LogP contribution in [0.15, 0.2) is 18.2 Å². The molecule has 0 saturated carbocycles. The number of carbonyl (C=O) groups excluding carboxylic acids is 1. The molecule has 0 bridgehead atoms. The van der Waals surface area contributed by atoms with Crippen molar-refractivity contribution in [1.29, 1.82) is 0 Å². The number of hydrogen-bond donors (Lipinski definition) is 3. The van der Waals surface area contributed by atoms with Gasteiger partial charge in [0.1, 0.15) is 11.5 Å². The molecule has 4 N–H and O–H groups in total. The van der Waals surface area contributed by atoms with Crippen LogP contribution in [0.25, 0.3) is 0 Å². The number of amides is 1. The Labute approximate surface area is 118 Å². The van der Waals surface area contributed by atoms with Gasteiger partial charge in [0, 0.05) is 12.1 Å². The lowest BCUT2D eigenvalue weighted by Gasteiger charge is -2.16. The van der Waals surface area contributed by atoms with Crippen LogP contribution in [0, 0.1) is 0 Å². The van der Waals surface area contributed by atoms with Gasteiger partial charge in [-0.05, 0) is 18.2 Å². The minimum absolute atomic E-state index is 0. The molecule has 7 heteroatoms. The van der Waals surface area contributed by atoms with Gasteiger partial charge in [-0.3, -0.25) is 4.79 Å². The van der Waals surface area contributed by atoms with E-state index in [0.717, 1.165) is 0 Å². The van der Waals surface area contributed by atoms with Crippen LogP contribution >= 0.6 is 0 Å². The number of carbonyl (C=O) groups is 1. The SMILES string of the molecule is COc1ccc(OC)c(C(O)CNC(=O)CN)c1.[Cl-]. The average molecular weight is 290 g/mol. The first-order valence-corrected chi connectivity index (χ1v) is 5.49. The van der Waals surface area contributed by atoms with E-state index < -0.39 is 6.10 Å². The monoisotopic (exact) mass is 289 g/mol. The van der Waals surface area contributed by atoms with Crippen molar-refractivity contribution in [3.05, 3.63) is 23.8 Å². The van der Waals surface area contributed by atoms with Gasteiger partial charge in [-0.15, -0.1) is 0 Å². The zero-order valence-electron chi connectivity index (χ0n) is 10.9. The van der Waals surface area contributed by atoms with Gasteiger partial charge < -0.3 is 38.0 Å². The number of benzene rings is 1. The van der Waals surface area contributed by atoms with Crippen LogP contribution in [0.2, 0.25) is 0 Å². The fourth-order valence-corrected chi connectivity index (χ4v) is 1.49. The average Bonchev–Trinajstić information content (AvgIpc) is 2.43. The van der Waals surface area contributed by atoms with Crippen LogP contribution in [0.1, 0.15) is 11.7 Å². The fraction of sp³-hybridized carbons (Fsp3) is 0.417. The molecule has 0 aromatic heterocycles. The highest BCUT2D eigenvalue weighted by Gasteiger charge is 2.15. The molecule has 1 amide bonds. The van der Waals surface area contributed by atoms with Gasteiger partial charge in [0.15, 0.2) is 0 Å². The van der Waals surface area contributed by atoms with Crippen LogP contribution in [-0.2, 0) is 4.79 Å². The fourth-order valence-electron chi connectivity index (χ4n) is 1.49. The van der Waals surface area contributed by atoms with Gasteiger partial charge in [0.2, 0.25) is 5.91 Å². The molecule has 0 saturated heterocycles. The maximum atomic E-state index is 11.0. The Hall–Kier alpha value is -1.50. The van der Waals surface area contributed by atoms with Gasteiger partial charge in [-0.25, -0.2) is 0 Å². The number of rotatable bonds is 6. The summed E-state index contributed by atoms with van der Waals surface area (Å²) in [6.45, 7) is -0.0402. The number of hydrogen-bond acceptors (Lipinski definition) is 5. The Morgan fingerprint density at radius 1 is 1.42 bits per heavy atom. The van der Waals surface area contributed by atoms with E-state index >= 15 is 0 Å². The molecule has 1 unspecified atom stereocenters. The second kappa shape index (κ2) is 8.58. The molecule has 0 aliphatic carbocycles. The minimum atomic E-state index is -0.884. The molecule has 0 radical (unpaired) electrons. The highest BCUT2D eigenvalue weighted by atomic mass is 35.5. The summed E-state index contributed by atoms with van der Waals surface area (Å²) in [4.78, 5) is 11.0. The normalized spacial score (nSPS) is 11.2. The maximum Gasteiger partial charge on any atom is 0.233 e. The molecule has 1 aromatic rings. The van der Waals surface area contributed by atoms with E-state index in [2.05, 4.69) is 5.32 Å². The zero-order chi connectivity index (χ0) is 13.5. The molecule has 1 atom stereocenters. The first-order valence-electron chi connectivity index (χ1n) is 5.49. The number of nitrogens with two attached hydrogens (primary N) is 1. The number of aliphatic hydroxyl groups excluding tert-OH is 1. The van der Waals surface area contributed by atoms with E-state index in [1.165, 1.54) is 14.2 Å². The van der Waals surface area contributed by atoms with E-state index in [4.69, 9.17) is 15.2 Å². The number of nitrogens with one attached hydrogen (secondary N) is 1. The van der Waals surface area contributed by atoms with Crippen LogP contribution in [-0.4, -0.2) is 38.3 Å². The predicted octanol–water partition coefficient (Wildman–Crippen LogP) is -3.18.